The van der Waals surface area contributed by atoms with Crippen LogP contribution in [-0.2, 0) is 0 Å². The Kier molecular flexibility index (Phi) is 3.77. The highest BCUT2D eigenvalue weighted by Crippen LogP contribution is 2.39. The maximum atomic E-state index is 13.8. The van der Waals surface area contributed by atoms with Crippen molar-refractivity contribution in [1.82, 2.24) is 5.32 Å². The number of nitrogens with one attached hydrogen (secondary N) is 1. The van der Waals surface area contributed by atoms with E-state index in [1.54, 1.807) is 0 Å². The number of halogens is 2. The van der Waals surface area contributed by atoms with Crippen LogP contribution in [0.15, 0.2) is 18.2 Å². The fourth-order valence-corrected chi connectivity index (χ4v) is 2.95. The molecule has 1 aromatic carbocycles. The van der Waals surface area contributed by atoms with Gasteiger partial charge in [-0.2, -0.15) is 0 Å². The van der Waals surface area contributed by atoms with E-state index in [1.807, 2.05) is 7.05 Å². The molecule has 0 heterocycles. The van der Waals surface area contributed by atoms with Gasteiger partial charge in [-0.1, -0.05) is 13.3 Å². The largest absolute Gasteiger partial charge is 0.313 e. The van der Waals surface area contributed by atoms with Crippen LogP contribution in [0.5, 0.6) is 0 Å². The summed E-state index contributed by atoms with van der Waals surface area (Å²) in [5.74, 6) is 0.414. The van der Waals surface area contributed by atoms with Crippen molar-refractivity contribution in [1.29, 1.82) is 0 Å². The van der Waals surface area contributed by atoms with Gasteiger partial charge in [0.1, 0.15) is 11.6 Å². The molecule has 1 fully saturated rings. The van der Waals surface area contributed by atoms with Crippen LogP contribution in [0, 0.1) is 23.5 Å². The summed E-state index contributed by atoms with van der Waals surface area (Å²) < 4.78 is 27.0. The highest BCUT2D eigenvalue weighted by Gasteiger charge is 2.30. The van der Waals surface area contributed by atoms with Crippen LogP contribution in [0.4, 0.5) is 8.78 Å². The van der Waals surface area contributed by atoms with Crippen molar-refractivity contribution in [3.05, 3.63) is 35.4 Å². The summed E-state index contributed by atoms with van der Waals surface area (Å²) in [7, 11) is 1.82. The van der Waals surface area contributed by atoms with Crippen molar-refractivity contribution in [3.63, 3.8) is 0 Å². The van der Waals surface area contributed by atoms with E-state index >= 15 is 0 Å². The maximum Gasteiger partial charge on any atom is 0.128 e. The minimum atomic E-state index is -0.368. The molecule has 3 heteroatoms. The number of hydrogen-bond donors (Lipinski definition) is 1. The molecule has 0 bridgehead atoms. The first-order valence-electron chi connectivity index (χ1n) is 6.24. The molecular formula is C14H19F2N. The smallest absolute Gasteiger partial charge is 0.128 e. The van der Waals surface area contributed by atoms with Crippen LogP contribution in [-0.4, -0.2) is 7.05 Å². The molecule has 1 N–H and O–H groups in total. The van der Waals surface area contributed by atoms with E-state index in [2.05, 4.69) is 12.2 Å². The van der Waals surface area contributed by atoms with Gasteiger partial charge in [0, 0.05) is 11.6 Å². The van der Waals surface area contributed by atoms with Crippen LogP contribution in [0.3, 0.4) is 0 Å². The van der Waals surface area contributed by atoms with Gasteiger partial charge in [0.25, 0.3) is 0 Å². The lowest BCUT2D eigenvalue weighted by Gasteiger charge is -2.24. The van der Waals surface area contributed by atoms with Crippen LogP contribution in [0.2, 0.25) is 0 Å². The molecule has 0 spiro atoms. The summed E-state index contributed by atoms with van der Waals surface area (Å²) in [6, 6.07) is 3.63. The van der Waals surface area contributed by atoms with Gasteiger partial charge in [-0.05, 0) is 49.9 Å². The maximum absolute atomic E-state index is 13.8. The first-order chi connectivity index (χ1) is 8.11. The van der Waals surface area contributed by atoms with E-state index < -0.39 is 0 Å². The molecule has 0 amide bonds. The van der Waals surface area contributed by atoms with E-state index in [4.69, 9.17) is 0 Å². The molecule has 1 aromatic rings. The van der Waals surface area contributed by atoms with Crippen molar-refractivity contribution >= 4 is 0 Å². The molecule has 3 unspecified atom stereocenters. The van der Waals surface area contributed by atoms with Gasteiger partial charge in [-0.15, -0.1) is 0 Å². The molecule has 1 aliphatic carbocycles. The Labute approximate surface area is 101 Å². The summed E-state index contributed by atoms with van der Waals surface area (Å²) in [4.78, 5) is 0. The van der Waals surface area contributed by atoms with Crippen LogP contribution in [0.1, 0.15) is 37.8 Å². The number of rotatable bonds is 3. The normalized spacial score (nSPS) is 26.1. The third-order valence-electron chi connectivity index (χ3n) is 3.81. The molecule has 1 saturated carbocycles. The second kappa shape index (κ2) is 5.13. The van der Waals surface area contributed by atoms with Gasteiger partial charge in [0.05, 0.1) is 0 Å². The minimum Gasteiger partial charge on any atom is -0.313 e. The molecule has 2 rings (SSSR count). The van der Waals surface area contributed by atoms with Crippen molar-refractivity contribution in [2.45, 2.75) is 32.2 Å². The molecule has 1 nitrogen and oxygen atoms in total. The quantitative estimate of drug-likeness (QED) is 0.848. The molecule has 3 atom stereocenters. The van der Waals surface area contributed by atoms with Crippen molar-refractivity contribution in [2.24, 2.45) is 11.8 Å². The molecule has 0 aromatic heterocycles. The topological polar surface area (TPSA) is 12.0 Å². The highest BCUT2D eigenvalue weighted by atomic mass is 19.1. The SMILES string of the molecule is CNC(c1cc(F)ccc1F)C1CCC(C)C1. The zero-order valence-corrected chi connectivity index (χ0v) is 10.3. The lowest BCUT2D eigenvalue weighted by Crippen LogP contribution is -2.25. The lowest BCUT2D eigenvalue weighted by molar-refractivity contribution is 0.367. The average Bonchev–Trinajstić information content (AvgIpc) is 2.71. The van der Waals surface area contributed by atoms with Gasteiger partial charge >= 0.3 is 0 Å². The summed E-state index contributed by atoms with van der Waals surface area (Å²) in [5.41, 5.74) is 0.464. The Morgan fingerprint density at radius 1 is 1.29 bits per heavy atom. The van der Waals surface area contributed by atoms with Gasteiger partial charge in [-0.25, -0.2) is 8.78 Å². The Balaban J connectivity index is 2.25. The minimum absolute atomic E-state index is 0.0735. The van der Waals surface area contributed by atoms with Crippen molar-refractivity contribution in [2.75, 3.05) is 7.05 Å². The van der Waals surface area contributed by atoms with Crippen molar-refractivity contribution < 1.29 is 8.78 Å². The highest BCUT2D eigenvalue weighted by molar-refractivity contribution is 5.23. The van der Waals surface area contributed by atoms with Crippen LogP contribution in [0.25, 0.3) is 0 Å². The van der Waals surface area contributed by atoms with Crippen molar-refractivity contribution in [3.8, 4) is 0 Å². The van der Waals surface area contributed by atoms with E-state index in [9.17, 15) is 8.78 Å². The number of benzene rings is 1. The van der Waals surface area contributed by atoms with Gasteiger partial charge in [0.15, 0.2) is 0 Å². The molecule has 0 saturated heterocycles. The number of hydrogen-bond acceptors (Lipinski definition) is 1. The fourth-order valence-electron chi connectivity index (χ4n) is 2.95. The second-order valence-electron chi connectivity index (χ2n) is 5.11. The summed E-state index contributed by atoms with van der Waals surface area (Å²) in [6.45, 7) is 2.22. The van der Waals surface area contributed by atoms with Crippen LogP contribution >= 0.6 is 0 Å². The Bertz CT molecular complexity index is 392. The Morgan fingerprint density at radius 3 is 2.65 bits per heavy atom. The van der Waals surface area contributed by atoms with Crippen LogP contribution < -0.4 is 5.32 Å². The van der Waals surface area contributed by atoms with Gasteiger partial charge < -0.3 is 5.32 Å². The second-order valence-corrected chi connectivity index (χ2v) is 5.11. The zero-order chi connectivity index (χ0) is 12.4. The summed E-state index contributed by atoms with van der Waals surface area (Å²) in [5, 5.41) is 3.14. The summed E-state index contributed by atoms with van der Waals surface area (Å²) >= 11 is 0. The van der Waals surface area contributed by atoms with Gasteiger partial charge in [0.2, 0.25) is 0 Å². The average molecular weight is 239 g/mol. The lowest BCUT2D eigenvalue weighted by atomic mass is 9.90. The zero-order valence-electron chi connectivity index (χ0n) is 10.3. The van der Waals surface area contributed by atoms with Gasteiger partial charge in [-0.3, -0.25) is 0 Å². The molecular weight excluding hydrogens is 220 g/mol. The van der Waals surface area contributed by atoms with E-state index in [0.717, 1.165) is 12.8 Å². The standard InChI is InChI=1S/C14H19F2N/c1-9-3-4-10(7-9)14(17-2)12-8-11(15)5-6-13(12)16/h5-6,8-10,14,17H,3-4,7H2,1-2H3. The first kappa shape index (κ1) is 12.5. The van der Waals surface area contributed by atoms with E-state index in [0.29, 0.717) is 17.4 Å². The Morgan fingerprint density at radius 2 is 2.06 bits per heavy atom. The van der Waals surface area contributed by atoms with E-state index in [-0.39, 0.29) is 17.7 Å². The molecule has 0 aliphatic heterocycles. The molecule has 17 heavy (non-hydrogen) atoms. The predicted molar refractivity (Wildman–Crippen MR) is 64.7 cm³/mol. The monoisotopic (exact) mass is 239 g/mol. The van der Waals surface area contributed by atoms with E-state index in [1.165, 1.54) is 24.6 Å². The first-order valence-corrected chi connectivity index (χ1v) is 6.24. The fraction of sp³-hybridized carbons (Fsp3) is 0.571. The Hall–Kier alpha value is -0.960. The molecule has 94 valence electrons. The molecule has 0 radical (unpaired) electrons. The third-order valence-corrected chi connectivity index (χ3v) is 3.81. The predicted octanol–water partition coefficient (Wildman–Crippen LogP) is 3.66. The third kappa shape index (κ3) is 2.65. The molecule has 1 aliphatic rings. The summed E-state index contributed by atoms with van der Waals surface area (Å²) in [6.07, 6.45) is 3.35.